The molecule has 0 saturated carbocycles. The molecule has 0 radical (unpaired) electrons. The zero-order valence-corrected chi connectivity index (χ0v) is 42.9. The number of nitrogens with one attached hydrogen (secondary N) is 1. The van der Waals surface area contributed by atoms with Crippen LogP contribution in [0.2, 0.25) is 0 Å². The van der Waals surface area contributed by atoms with Crippen LogP contribution in [0.15, 0.2) is 72.9 Å². The van der Waals surface area contributed by atoms with Crippen LogP contribution in [-0.4, -0.2) is 46.9 Å². The number of allylic oxidation sites excluding steroid dienone is 12. The summed E-state index contributed by atoms with van der Waals surface area (Å²) in [5.74, 6) is -0.553. The molecule has 3 atom stereocenters. The number of ether oxygens (including phenoxy) is 1. The van der Waals surface area contributed by atoms with Gasteiger partial charge in [0.1, 0.15) is 6.10 Å². The van der Waals surface area contributed by atoms with Crippen molar-refractivity contribution in [2.45, 2.75) is 283 Å². The molecule has 65 heavy (non-hydrogen) atoms. The minimum atomic E-state index is -0.811. The lowest BCUT2D eigenvalue weighted by atomic mass is 10.0. The van der Waals surface area contributed by atoms with Gasteiger partial charge in [-0.1, -0.05) is 261 Å². The first kappa shape index (κ1) is 62.3. The van der Waals surface area contributed by atoms with Crippen LogP contribution >= 0.6 is 0 Å². The molecule has 0 aliphatic rings. The molecule has 0 aromatic carbocycles. The van der Waals surface area contributed by atoms with Crippen molar-refractivity contribution in [1.29, 1.82) is 0 Å². The zero-order valence-electron chi connectivity index (χ0n) is 42.9. The Labute approximate surface area is 402 Å². The summed E-state index contributed by atoms with van der Waals surface area (Å²) in [5, 5.41) is 23.8. The molecule has 0 fully saturated rings. The third-order valence-corrected chi connectivity index (χ3v) is 12.4. The van der Waals surface area contributed by atoms with Crippen molar-refractivity contribution >= 4 is 11.9 Å². The van der Waals surface area contributed by atoms with E-state index in [1.54, 1.807) is 0 Å². The minimum Gasteiger partial charge on any atom is -0.462 e. The largest absolute Gasteiger partial charge is 0.462 e. The van der Waals surface area contributed by atoms with E-state index < -0.39 is 18.2 Å². The summed E-state index contributed by atoms with van der Waals surface area (Å²) >= 11 is 0. The number of amides is 1. The van der Waals surface area contributed by atoms with Crippen LogP contribution in [0.5, 0.6) is 0 Å². The maximum Gasteiger partial charge on any atom is 0.306 e. The minimum absolute atomic E-state index is 0.0237. The van der Waals surface area contributed by atoms with Gasteiger partial charge in [-0.15, -0.1) is 0 Å². The van der Waals surface area contributed by atoms with Crippen LogP contribution in [0.25, 0.3) is 0 Å². The molecule has 376 valence electrons. The van der Waals surface area contributed by atoms with Crippen molar-refractivity contribution in [3.63, 3.8) is 0 Å². The van der Waals surface area contributed by atoms with E-state index in [0.29, 0.717) is 19.3 Å². The molecular formula is C59H105NO5. The van der Waals surface area contributed by atoms with E-state index in [4.69, 9.17) is 4.74 Å². The average Bonchev–Trinajstić information content (AvgIpc) is 3.30. The van der Waals surface area contributed by atoms with E-state index in [0.717, 1.165) is 64.2 Å². The van der Waals surface area contributed by atoms with Crippen LogP contribution in [0.1, 0.15) is 265 Å². The molecular weight excluding hydrogens is 803 g/mol. The molecule has 0 heterocycles. The molecule has 3 unspecified atom stereocenters. The number of rotatable bonds is 49. The molecule has 0 aliphatic heterocycles. The van der Waals surface area contributed by atoms with Gasteiger partial charge in [-0.05, 0) is 64.2 Å². The predicted molar refractivity (Wildman–Crippen MR) is 282 cm³/mol. The molecule has 0 bridgehead atoms. The Morgan fingerprint density at radius 3 is 1.32 bits per heavy atom. The van der Waals surface area contributed by atoms with E-state index in [1.165, 1.54) is 154 Å². The Balaban J connectivity index is 4.60. The Kier molecular flexibility index (Phi) is 50.1. The second kappa shape index (κ2) is 52.3. The molecule has 3 N–H and O–H groups in total. The third kappa shape index (κ3) is 47.6. The number of aliphatic hydroxyl groups is 2. The highest BCUT2D eigenvalue weighted by molar-refractivity contribution is 5.77. The normalized spacial score (nSPS) is 13.7. The first-order chi connectivity index (χ1) is 32.0. The number of aliphatic hydroxyl groups excluding tert-OH is 2. The van der Waals surface area contributed by atoms with Crippen molar-refractivity contribution < 1.29 is 24.5 Å². The Morgan fingerprint density at radius 2 is 0.862 bits per heavy atom. The summed E-state index contributed by atoms with van der Waals surface area (Å²) < 4.78 is 5.90. The SMILES string of the molecule is CC/C=C/C=C/C=C\C=C/C=C/CCCC(CC(=O)NC(CO)C(O)CCCCCCCCCCCCCCCCCCC)OC(=O)CCCCCCC/C=C/CCCCCCCCC. The maximum absolute atomic E-state index is 13.2. The molecule has 1 amide bonds. The quantitative estimate of drug-likeness (QED) is 0.0245. The number of hydrogen-bond acceptors (Lipinski definition) is 5. The number of hydrogen-bond donors (Lipinski definition) is 3. The average molecular weight is 908 g/mol. The van der Waals surface area contributed by atoms with Gasteiger partial charge >= 0.3 is 5.97 Å². The van der Waals surface area contributed by atoms with Crippen molar-refractivity contribution in [3.8, 4) is 0 Å². The monoisotopic (exact) mass is 908 g/mol. The lowest BCUT2D eigenvalue weighted by Crippen LogP contribution is -2.46. The molecule has 0 aliphatic carbocycles. The van der Waals surface area contributed by atoms with Crippen LogP contribution in [0.4, 0.5) is 0 Å². The first-order valence-corrected chi connectivity index (χ1v) is 27.7. The second-order valence-electron chi connectivity index (χ2n) is 18.7. The standard InChI is InChI=1S/C59H105NO5/c1-4-7-10-13-16-19-22-25-27-29-30-33-36-39-42-45-48-51-57(62)56(54-61)60-58(63)53-55(50-47-44-41-38-35-32-24-21-18-15-12-9-6-3)65-59(64)52-49-46-43-40-37-34-31-28-26-23-20-17-14-11-8-5-2/h9,12,15,18,21,24,28,31-32,35,38,41,55-57,61-62H,4-8,10-11,13-14,16-17,19-20,22-23,25-27,29-30,33-34,36-37,39-40,42-54H2,1-3H3,(H,60,63)/b12-9+,18-15+,24-21-,31-28+,35-32-,41-38+. The molecule has 0 spiro atoms. The fourth-order valence-electron chi connectivity index (χ4n) is 8.22. The Morgan fingerprint density at radius 1 is 0.462 bits per heavy atom. The number of carbonyl (C=O) groups excluding carboxylic acids is 2. The summed E-state index contributed by atoms with van der Waals surface area (Å²) in [6, 6.07) is -0.729. The van der Waals surface area contributed by atoms with Crippen molar-refractivity contribution in [2.24, 2.45) is 0 Å². The maximum atomic E-state index is 13.2. The fourth-order valence-corrected chi connectivity index (χ4v) is 8.22. The van der Waals surface area contributed by atoms with E-state index in [1.807, 2.05) is 48.6 Å². The van der Waals surface area contributed by atoms with Gasteiger partial charge in [-0.3, -0.25) is 9.59 Å². The van der Waals surface area contributed by atoms with Gasteiger partial charge < -0.3 is 20.3 Å². The van der Waals surface area contributed by atoms with E-state index in [2.05, 4.69) is 50.4 Å². The number of unbranched alkanes of at least 4 members (excludes halogenated alkanes) is 29. The molecule has 0 rings (SSSR count). The highest BCUT2D eigenvalue weighted by Gasteiger charge is 2.24. The number of esters is 1. The van der Waals surface area contributed by atoms with Gasteiger partial charge in [0.25, 0.3) is 0 Å². The fraction of sp³-hybridized carbons (Fsp3) is 0.763. The molecule has 0 aromatic heterocycles. The van der Waals surface area contributed by atoms with Gasteiger partial charge in [0, 0.05) is 6.42 Å². The second-order valence-corrected chi connectivity index (χ2v) is 18.7. The highest BCUT2D eigenvalue weighted by Crippen LogP contribution is 2.17. The summed E-state index contributed by atoms with van der Waals surface area (Å²) in [6.45, 7) is 6.33. The predicted octanol–water partition coefficient (Wildman–Crippen LogP) is 17.0. The van der Waals surface area contributed by atoms with Gasteiger partial charge in [0.05, 0.1) is 25.2 Å². The van der Waals surface area contributed by atoms with Gasteiger partial charge in [-0.25, -0.2) is 0 Å². The van der Waals surface area contributed by atoms with E-state index in [-0.39, 0.29) is 24.9 Å². The molecule has 6 nitrogen and oxygen atoms in total. The van der Waals surface area contributed by atoms with Crippen LogP contribution < -0.4 is 5.32 Å². The topological polar surface area (TPSA) is 95.9 Å². The van der Waals surface area contributed by atoms with Crippen molar-refractivity contribution in [1.82, 2.24) is 5.32 Å². The van der Waals surface area contributed by atoms with Crippen molar-refractivity contribution in [3.05, 3.63) is 72.9 Å². The van der Waals surface area contributed by atoms with Gasteiger partial charge in [0.15, 0.2) is 0 Å². The molecule has 0 saturated heterocycles. The van der Waals surface area contributed by atoms with E-state index >= 15 is 0 Å². The Hall–Kier alpha value is -2.70. The molecule has 6 heteroatoms. The summed E-state index contributed by atoms with van der Waals surface area (Å²) in [4.78, 5) is 26.2. The van der Waals surface area contributed by atoms with Gasteiger partial charge in [0.2, 0.25) is 5.91 Å². The summed E-state index contributed by atoms with van der Waals surface area (Å²) in [5.41, 5.74) is 0. The Bertz CT molecular complexity index is 1200. The first-order valence-electron chi connectivity index (χ1n) is 27.7. The lowest BCUT2D eigenvalue weighted by Gasteiger charge is -2.24. The smallest absolute Gasteiger partial charge is 0.306 e. The summed E-state index contributed by atoms with van der Waals surface area (Å²) in [7, 11) is 0. The van der Waals surface area contributed by atoms with Crippen LogP contribution in [-0.2, 0) is 14.3 Å². The highest BCUT2D eigenvalue weighted by atomic mass is 16.5. The zero-order chi connectivity index (χ0) is 47.4. The van der Waals surface area contributed by atoms with E-state index in [9.17, 15) is 19.8 Å². The lowest BCUT2D eigenvalue weighted by molar-refractivity contribution is -0.151. The molecule has 0 aromatic rings. The van der Waals surface area contributed by atoms with Crippen LogP contribution in [0.3, 0.4) is 0 Å². The van der Waals surface area contributed by atoms with Gasteiger partial charge in [-0.2, -0.15) is 0 Å². The number of carbonyl (C=O) groups is 2. The van der Waals surface area contributed by atoms with Crippen molar-refractivity contribution in [2.75, 3.05) is 6.61 Å². The van der Waals surface area contributed by atoms with Crippen LogP contribution in [0, 0.1) is 0 Å². The summed E-state index contributed by atoms with van der Waals surface area (Å²) in [6.07, 6.45) is 66.9. The third-order valence-electron chi connectivity index (χ3n) is 12.4.